The predicted molar refractivity (Wildman–Crippen MR) is 74.4 cm³/mol. The fourth-order valence-corrected chi connectivity index (χ4v) is 2.04. The van der Waals surface area contributed by atoms with Gasteiger partial charge in [0.25, 0.3) is 0 Å². The summed E-state index contributed by atoms with van der Waals surface area (Å²) in [6.07, 6.45) is -0.626. The number of rotatable bonds is 9. The lowest BCUT2D eigenvalue weighted by Gasteiger charge is -2.27. The lowest BCUT2D eigenvalue weighted by Crippen LogP contribution is -2.43. The van der Waals surface area contributed by atoms with Gasteiger partial charge in [0.15, 0.2) is 0 Å². The SMILES string of the molecule is O=C(O)CC[C@@H](C(=O)O)N(CC(=O)O)Cc1ccccc1O. The van der Waals surface area contributed by atoms with Crippen LogP contribution in [0.5, 0.6) is 5.75 Å². The third-order valence-corrected chi connectivity index (χ3v) is 3.06. The van der Waals surface area contributed by atoms with Gasteiger partial charge in [-0.05, 0) is 12.5 Å². The van der Waals surface area contributed by atoms with E-state index in [4.69, 9.17) is 10.2 Å². The molecule has 120 valence electrons. The summed E-state index contributed by atoms with van der Waals surface area (Å²) < 4.78 is 0. The number of aromatic hydroxyl groups is 1. The number of carboxylic acids is 3. The average Bonchev–Trinajstić information content (AvgIpc) is 2.40. The number of carboxylic acid groups (broad SMARTS) is 3. The zero-order valence-electron chi connectivity index (χ0n) is 11.7. The maximum Gasteiger partial charge on any atom is 0.320 e. The summed E-state index contributed by atoms with van der Waals surface area (Å²) in [5.41, 5.74) is 0.366. The van der Waals surface area contributed by atoms with Crippen LogP contribution >= 0.6 is 0 Å². The predicted octanol–water partition coefficient (Wildman–Crippen LogP) is 0.597. The molecule has 0 aliphatic rings. The van der Waals surface area contributed by atoms with Crippen molar-refractivity contribution >= 4 is 17.9 Å². The third-order valence-electron chi connectivity index (χ3n) is 3.06. The van der Waals surface area contributed by atoms with E-state index < -0.39 is 36.9 Å². The number of nitrogens with zero attached hydrogens (tertiary/aromatic N) is 1. The summed E-state index contributed by atoms with van der Waals surface area (Å²) in [6, 6.07) is 4.88. The van der Waals surface area contributed by atoms with Crippen LogP contribution in [0, 0.1) is 0 Å². The van der Waals surface area contributed by atoms with Crippen LogP contribution in [0.3, 0.4) is 0 Å². The largest absolute Gasteiger partial charge is 0.508 e. The molecule has 0 saturated heterocycles. The van der Waals surface area contributed by atoms with Gasteiger partial charge < -0.3 is 20.4 Å². The molecule has 0 aromatic heterocycles. The molecule has 0 fully saturated rings. The second kappa shape index (κ2) is 7.99. The minimum atomic E-state index is -1.31. The van der Waals surface area contributed by atoms with Crippen molar-refractivity contribution in [3.8, 4) is 5.75 Å². The highest BCUT2D eigenvalue weighted by atomic mass is 16.4. The number of para-hydroxylation sites is 1. The normalized spacial score (nSPS) is 12.0. The summed E-state index contributed by atoms with van der Waals surface area (Å²) in [4.78, 5) is 34.0. The molecule has 0 saturated carbocycles. The van der Waals surface area contributed by atoms with Crippen molar-refractivity contribution in [3.05, 3.63) is 29.8 Å². The Morgan fingerprint density at radius 2 is 1.68 bits per heavy atom. The van der Waals surface area contributed by atoms with E-state index in [0.717, 1.165) is 4.90 Å². The van der Waals surface area contributed by atoms with Gasteiger partial charge in [-0.25, -0.2) is 0 Å². The summed E-state index contributed by atoms with van der Waals surface area (Å²) in [6.45, 7) is -0.694. The van der Waals surface area contributed by atoms with Crippen molar-refractivity contribution in [1.29, 1.82) is 0 Å². The Hall–Kier alpha value is -2.61. The van der Waals surface area contributed by atoms with E-state index in [2.05, 4.69) is 0 Å². The minimum absolute atomic E-state index is 0.0831. The quantitative estimate of drug-likeness (QED) is 0.520. The van der Waals surface area contributed by atoms with Gasteiger partial charge in [0.2, 0.25) is 0 Å². The molecule has 8 heteroatoms. The fraction of sp³-hybridized carbons (Fsp3) is 0.357. The maximum absolute atomic E-state index is 11.3. The first-order valence-electron chi connectivity index (χ1n) is 6.48. The maximum atomic E-state index is 11.3. The fourth-order valence-electron chi connectivity index (χ4n) is 2.04. The minimum Gasteiger partial charge on any atom is -0.508 e. The Morgan fingerprint density at radius 3 is 2.18 bits per heavy atom. The van der Waals surface area contributed by atoms with E-state index in [1.165, 1.54) is 6.07 Å². The lowest BCUT2D eigenvalue weighted by molar-refractivity contribution is -0.147. The number of phenolic OH excluding ortho intramolecular Hbond substituents is 1. The van der Waals surface area contributed by atoms with Gasteiger partial charge in [-0.15, -0.1) is 0 Å². The monoisotopic (exact) mass is 311 g/mol. The molecule has 4 N–H and O–H groups in total. The molecule has 0 bridgehead atoms. The summed E-state index contributed by atoms with van der Waals surface area (Å²) in [7, 11) is 0. The first-order chi connectivity index (χ1) is 10.3. The second-order valence-corrected chi connectivity index (χ2v) is 4.71. The number of hydrogen-bond acceptors (Lipinski definition) is 5. The van der Waals surface area contributed by atoms with Crippen LogP contribution in [-0.2, 0) is 20.9 Å². The Morgan fingerprint density at radius 1 is 1.05 bits per heavy atom. The van der Waals surface area contributed by atoms with E-state index in [0.29, 0.717) is 5.56 Å². The van der Waals surface area contributed by atoms with Gasteiger partial charge in [-0.3, -0.25) is 19.3 Å². The Balaban J connectivity index is 2.97. The molecule has 1 atom stereocenters. The number of aliphatic carboxylic acids is 3. The topological polar surface area (TPSA) is 135 Å². The molecule has 0 spiro atoms. The first-order valence-corrected chi connectivity index (χ1v) is 6.48. The van der Waals surface area contributed by atoms with Gasteiger partial charge in [-0.2, -0.15) is 0 Å². The standard InChI is InChI=1S/C14H17NO7/c16-11-4-2-1-3-9(11)7-15(8-13(19)20)10(14(21)22)5-6-12(17)18/h1-4,10,16H,5-8H2,(H,17,18)(H,19,20)(H,21,22)/t10-/m0/s1. The summed E-state index contributed by atoms with van der Waals surface area (Å²) in [5, 5.41) is 36.5. The van der Waals surface area contributed by atoms with E-state index in [9.17, 15) is 24.6 Å². The number of phenols is 1. The number of hydrogen-bond donors (Lipinski definition) is 4. The van der Waals surface area contributed by atoms with Crippen LogP contribution in [0.2, 0.25) is 0 Å². The molecular weight excluding hydrogens is 294 g/mol. The number of benzene rings is 1. The van der Waals surface area contributed by atoms with Gasteiger partial charge in [0.1, 0.15) is 11.8 Å². The summed E-state index contributed by atoms with van der Waals surface area (Å²) in [5.74, 6) is -3.79. The van der Waals surface area contributed by atoms with Crippen LogP contribution in [0.4, 0.5) is 0 Å². The smallest absolute Gasteiger partial charge is 0.320 e. The molecule has 1 aromatic carbocycles. The number of carbonyl (C=O) groups is 3. The lowest BCUT2D eigenvalue weighted by atomic mass is 10.1. The van der Waals surface area contributed by atoms with Crippen molar-refractivity contribution < 1.29 is 34.8 Å². The van der Waals surface area contributed by atoms with Crippen LogP contribution in [0.25, 0.3) is 0 Å². The molecule has 0 unspecified atom stereocenters. The Labute approximate surface area is 126 Å². The molecule has 1 rings (SSSR count). The second-order valence-electron chi connectivity index (χ2n) is 4.71. The Kier molecular flexibility index (Phi) is 6.33. The third kappa shape index (κ3) is 5.41. The Bertz CT molecular complexity index is 558. The van der Waals surface area contributed by atoms with E-state index in [1.54, 1.807) is 18.2 Å². The van der Waals surface area contributed by atoms with Crippen molar-refractivity contribution in [3.63, 3.8) is 0 Å². The molecule has 0 radical (unpaired) electrons. The van der Waals surface area contributed by atoms with Crippen LogP contribution in [0.1, 0.15) is 18.4 Å². The highest BCUT2D eigenvalue weighted by Gasteiger charge is 2.28. The van der Waals surface area contributed by atoms with Crippen molar-refractivity contribution in [2.75, 3.05) is 6.54 Å². The molecule has 0 aliphatic carbocycles. The van der Waals surface area contributed by atoms with Gasteiger partial charge in [0, 0.05) is 18.5 Å². The summed E-state index contributed by atoms with van der Waals surface area (Å²) >= 11 is 0. The highest BCUT2D eigenvalue weighted by Crippen LogP contribution is 2.20. The van der Waals surface area contributed by atoms with E-state index >= 15 is 0 Å². The molecule has 22 heavy (non-hydrogen) atoms. The van der Waals surface area contributed by atoms with Crippen molar-refractivity contribution in [2.45, 2.75) is 25.4 Å². The molecule has 0 amide bonds. The zero-order chi connectivity index (χ0) is 16.7. The molecule has 0 aliphatic heterocycles. The van der Waals surface area contributed by atoms with Crippen molar-refractivity contribution in [1.82, 2.24) is 4.90 Å². The van der Waals surface area contributed by atoms with Crippen molar-refractivity contribution in [2.24, 2.45) is 0 Å². The van der Waals surface area contributed by atoms with Crippen LogP contribution < -0.4 is 0 Å². The highest BCUT2D eigenvalue weighted by molar-refractivity contribution is 5.76. The van der Waals surface area contributed by atoms with Gasteiger partial charge in [-0.1, -0.05) is 18.2 Å². The molecule has 1 aromatic rings. The molecular formula is C14H17NO7. The van der Waals surface area contributed by atoms with Gasteiger partial charge in [0.05, 0.1) is 6.54 Å². The van der Waals surface area contributed by atoms with E-state index in [-0.39, 0.29) is 18.7 Å². The first kappa shape index (κ1) is 17.4. The van der Waals surface area contributed by atoms with Crippen LogP contribution in [0.15, 0.2) is 24.3 Å². The van der Waals surface area contributed by atoms with Gasteiger partial charge >= 0.3 is 17.9 Å². The van der Waals surface area contributed by atoms with E-state index in [1.807, 2.05) is 0 Å². The average molecular weight is 311 g/mol. The zero-order valence-corrected chi connectivity index (χ0v) is 11.7. The molecule has 0 heterocycles. The van der Waals surface area contributed by atoms with Crippen LogP contribution in [-0.4, -0.2) is 55.8 Å². The molecule has 8 nitrogen and oxygen atoms in total.